The molecule has 19 heavy (non-hydrogen) atoms. The molecule has 0 unspecified atom stereocenters. The number of unbranched alkanes of at least 4 members (excludes halogenated alkanes) is 1. The Labute approximate surface area is 117 Å². The lowest BCUT2D eigenvalue weighted by Crippen LogP contribution is -2.36. The minimum absolute atomic E-state index is 0.234. The van der Waals surface area contributed by atoms with Gasteiger partial charge < -0.3 is 15.4 Å². The van der Waals surface area contributed by atoms with Crippen LogP contribution in [-0.4, -0.2) is 35.7 Å². The topological polar surface area (TPSA) is 68.5 Å². The van der Waals surface area contributed by atoms with Gasteiger partial charge in [-0.3, -0.25) is 0 Å². The van der Waals surface area contributed by atoms with Crippen LogP contribution in [-0.2, 0) is 4.74 Å². The molecule has 0 fully saturated rings. The highest BCUT2D eigenvalue weighted by molar-refractivity contribution is 7.13. The summed E-state index contributed by atoms with van der Waals surface area (Å²) in [4.78, 5) is 17.9. The minimum atomic E-state index is -0.234. The Morgan fingerprint density at radius 3 is 3.16 bits per heavy atom. The molecule has 6 heteroatoms. The molecular weight excluding hydrogens is 262 g/mol. The van der Waals surface area contributed by atoms with Gasteiger partial charge in [0.15, 0.2) is 5.13 Å². The number of carbonyl (C=O) groups excluding carboxylic acids is 1. The fraction of sp³-hybridized carbons (Fsp3) is 0.538. The summed E-state index contributed by atoms with van der Waals surface area (Å²) >= 11 is 1.42. The second-order valence-corrected chi connectivity index (χ2v) is 5.37. The first-order chi connectivity index (χ1) is 9.20. The van der Waals surface area contributed by atoms with Crippen LogP contribution in [0.1, 0.15) is 31.9 Å². The normalized spacial score (nSPS) is 15.2. The Morgan fingerprint density at radius 2 is 2.47 bits per heavy atom. The van der Waals surface area contributed by atoms with E-state index in [4.69, 9.17) is 10.5 Å². The lowest BCUT2D eigenvalue weighted by atomic mass is 10.1. The average Bonchev–Trinajstić information content (AvgIpc) is 2.86. The first-order valence-corrected chi connectivity index (χ1v) is 7.40. The van der Waals surface area contributed by atoms with Gasteiger partial charge >= 0.3 is 6.09 Å². The molecule has 2 heterocycles. The maximum atomic E-state index is 11.9. The maximum Gasteiger partial charge on any atom is 0.410 e. The number of ether oxygens (including phenoxy) is 1. The van der Waals surface area contributed by atoms with Gasteiger partial charge in [0.25, 0.3) is 0 Å². The number of anilines is 1. The first kappa shape index (κ1) is 13.9. The van der Waals surface area contributed by atoms with Crippen LogP contribution in [0.4, 0.5) is 9.93 Å². The second-order valence-electron chi connectivity index (χ2n) is 4.48. The van der Waals surface area contributed by atoms with Crippen molar-refractivity contribution < 1.29 is 9.53 Å². The molecule has 1 aliphatic heterocycles. The van der Waals surface area contributed by atoms with Crippen LogP contribution >= 0.6 is 11.3 Å². The molecule has 0 spiro atoms. The third-order valence-electron chi connectivity index (χ3n) is 2.98. The van der Waals surface area contributed by atoms with Gasteiger partial charge in [0.2, 0.25) is 0 Å². The van der Waals surface area contributed by atoms with Crippen molar-refractivity contribution in [3.05, 3.63) is 17.2 Å². The molecule has 1 aromatic heterocycles. The number of nitrogen functional groups attached to an aromatic ring is 1. The van der Waals surface area contributed by atoms with Gasteiger partial charge in [0, 0.05) is 11.9 Å². The molecule has 2 N–H and O–H groups in total. The van der Waals surface area contributed by atoms with Crippen molar-refractivity contribution in [3.63, 3.8) is 0 Å². The van der Waals surface area contributed by atoms with Crippen LogP contribution in [0.15, 0.2) is 11.5 Å². The van der Waals surface area contributed by atoms with Crippen LogP contribution in [0.3, 0.4) is 0 Å². The minimum Gasteiger partial charge on any atom is -0.449 e. The van der Waals surface area contributed by atoms with Gasteiger partial charge in [-0.25, -0.2) is 9.78 Å². The molecule has 2 rings (SSSR count). The van der Waals surface area contributed by atoms with E-state index in [0.717, 1.165) is 30.5 Å². The Kier molecular flexibility index (Phi) is 4.79. The quantitative estimate of drug-likeness (QED) is 0.862. The zero-order valence-electron chi connectivity index (χ0n) is 11.1. The number of nitrogens with two attached hydrogens (primary N) is 1. The SMILES string of the molecule is CCCCOC(=O)N1CCC=C(c2csc(N)n2)C1. The van der Waals surface area contributed by atoms with E-state index in [9.17, 15) is 4.79 Å². The maximum absolute atomic E-state index is 11.9. The number of rotatable bonds is 4. The zero-order valence-corrected chi connectivity index (χ0v) is 11.9. The van der Waals surface area contributed by atoms with Gasteiger partial charge in [-0.15, -0.1) is 11.3 Å². The molecule has 5 nitrogen and oxygen atoms in total. The molecule has 1 amide bonds. The number of hydrogen-bond acceptors (Lipinski definition) is 5. The predicted octanol–water partition coefficient (Wildman–Crippen LogP) is 2.75. The predicted molar refractivity (Wildman–Crippen MR) is 76.9 cm³/mol. The van der Waals surface area contributed by atoms with Crippen LogP contribution in [0.5, 0.6) is 0 Å². The van der Waals surface area contributed by atoms with Crippen molar-refractivity contribution in [1.82, 2.24) is 9.88 Å². The summed E-state index contributed by atoms with van der Waals surface area (Å²) in [5.41, 5.74) is 7.55. The Balaban J connectivity index is 1.92. The molecule has 0 atom stereocenters. The van der Waals surface area contributed by atoms with Crippen molar-refractivity contribution in [1.29, 1.82) is 0 Å². The number of carbonyl (C=O) groups is 1. The monoisotopic (exact) mass is 281 g/mol. The molecule has 104 valence electrons. The van der Waals surface area contributed by atoms with Gasteiger partial charge in [-0.2, -0.15) is 0 Å². The van der Waals surface area contributed by atoms with Crippen molar-refractivity contribution in [3.8, 4) is 0 Å². The fourth-order valence-electron chi connectivity index (χ4n) is 1.92. The number of thiazole rings is 1. The van der Waals surface area contributed by atoms with E-state index in [-0.39, 0.29) is 6.09 Å². The summed E-state index contributed by atoms with van der Waals surface area (Å²) in [5, 5.41) is 2.48. The van der Waals surface area contributed by atoms with E-state index in [0.29, 0.717) is 24.8 Å². The van der Waals surface area contributed by atoms with Gasteiger partial charge in [0.1, 0.15) is 0 Å². The van der Waals surface area contributed by atoms with Crippen LogP contribution < -0.4 is 5.73 Å². The highest BCUT2D eigenvalue weighted by atomic mass is 32.1. The summed E-state index contributed by atoms with van der Waals surface area (Å²) in [6, 6.07) is 0. The number of nitrogens with zero attached hydrogens (tertiary/aromatic N) is 2. The van der Waals surface area contributed by atoms with Crippen molar-refractivity contribution in [2.45, 2.75) is 26.2 Å². The van der Waals surface area contributed by atoms with E-state index >= 15 is 0 Å². The Hall–Kier alpha value is -1.56. The van der Waals surface area contributed by atoms with E-state index in [1.807, 2.05) is 5.38 Å². The van der Waals surface area contributed by atoms with E-state index in [2.05, 4.69) is 18.0 Å². The van der Waals surface area contributed by atoms with Crippen LogP contribution in [0.2, 0.25) is 0 Å². The lowest BCUT2D eigenvalue weighted by molar-refractivity contribution is 0.105. The van der Waals surface area contributed by atoms with Gasteiger partial charge in [-0.1, -0.05) is 19.4 Å². The van der Waals surface area contributed by atoms with Gasteiger partial charge in [0.05, 0.1) is 18.8 Å². The van der Waals surface area contributed by atoms with Crippen molar-refractivity contribution in [2.75, 3.05) is 25.4 Å². The summed E-state index contributed by atoms with van der Waals surface area (Å²) in [5.74, 6) is 0. The molecule has 0 aliphatic carbocycles. The molecule has 1 aliphatic rings. The highest BCUT2D eigenvalue weighted by Crippen LogP contribution is 2.23. The number of hydrogen-bond donors (Lipinski definition) is 1. The molecule has 0 saturated carbocycles. The van der Waals surface area contributed by atoms with Crippen LogP contribution in [0.25, 0.3) is 5.57 Å². The summed E-state index contributed by atoms with van der Waals surface area (Å²) in [7, 11) is 0. The van der Waals surface area contributed by atoms with Crippen molar-refractivity contribution in [2.24, 2.45) is 0 Å². The third kappa shape index (κ3) is 3.70. The van der Waals surface area contributed by atoms with E-state index < -0.39 is 0 Å². The molecule has 1 aromatic rings. The Bertz CT molecular complexity index is 470. The molecule has 0 aromatic carbocycles. The van der Waals surface area contributed by atoms with E-state index in [1.54, 1.807) is 4.90 Å². The Morgan fingerprint density at radius 1 is 1.63 bits per heavy atom. The largest absolute Gasteiger partial charge is 0.449 e. The second kappa shape index (κ2) is 6.56. The van der Waals surface area contributed by atoms with Gasteiger partial charge in [-0.05, 0) is 18.4 Å². The summed E-state index contributed by atoms with van der Waals surface area (Å²) in [6.07, 6.45) is 4.64. The average molecular weight is 281 g/mol. The summed E-state index contributed by atoms with van der Waals surface area (Å²) < 4.78 is 5.23. The highest BCUT2D eigenvalue weighted by Gasteiger charge is 2.21. The molecule has 0 saturated heterocycles. The number of aromatic nitrogens is 1. The summed E-state index contributed by atoms with van der Waals surface area (Å²) in [6.45, 7) is 3.82. The first-order valence-electron chi connectivity index (χ1n) is 6.52. The fourth-order valence-corrected chi connectivity index (χ4v) is 2.50. The zero-order chi connectivity index (χ0) is 13.7. The third-order valence-corrected chi connectivity index (χ3v) is 3.66. The lowest BCUT2D eigenvalue weighted by Gasteiger charge is -2.26. The van der Waals surface area contributed by atoms with Crippen LogP contribution in [0, 0.1) is 0 Å². The number of amides is 1. The van der Waals surface area contributed by atoms with E-state index in [1.165, 1.54) is 11.3 Å². The molecule has 0 radical (unpaired) electrons. The van der Waals surface area contributed by atoms with Crippen molar-refractivity contribution >= 4 is 28.1 Å². The molecular formula is C13H19N3O2S. The molecule has 0 bridgehead atoms. The smallest absolute Gasteiger partial charge is 0.410 e. The standard InChI is InChI=1S/C13H19N3O2S/c1-2-3-7-18-13(17)16-6-4-5-10(8-16)11-9-19-12(14)15-11/h5,9H,2-4,6-8H2,1H3,(H2,14,15).